The normalized spacial score (nSPS) is 12.1. The number of imidazole rings is 1. The third-order valence-corrected chi connectivity index (χ3v) is 4.21. The van der Waals surface area contributed by atoms with Gasteiger partial charge < -0.3 is 10.1 Å². The van der Waals surface area contributed by atoms with E-state index >= 15 is 0 Å². The van der Waals surface area contributed by atoms with Crippen molar-refractivity contribution in [2.24, 2.45) is 0 Å². The van der Waals surface area contributed by atoms with Crippen LogP contribution >= 0.6 is 0 Å². The van der Waals surface area contributed by atoms with E-state index in [-0.39, 0.29) is 11.9 Å². The van der Waals surface area contributed by atoms with Crippen molar-refractivity contribution < 1.29 is 13.5 Å². The Morgan fingerprint density at radius 2 is 1.82 bits per heavy atom. The monoisotopic (exact) mass is 382 g/mol. The quantitative estimate of drug-likeness (QED) is 0.568. The van der Waals surface area contributed by atoms with Crippen LogP contribution in [-0.2, 0) is 0 Å². The van der Waals surface area contributed by atoms with Gasteiger partial charge in [-0.05, 0) is 37.3 Å². The Kier molecular flexibility index (Phi) is 4.56. The fraction of sp³-hybridized carbons (Fsp3) is 0.158. The van der Waals surface area contributed by atoms with E-state index in [0.717, 1.165) is 6.20 Å². The number of anilines is 1. The van der Waals surface area contributed by atoms with Gasteiger partial charge in [0.25, 0.3) is 0 Å². The molecule has 0 bridgehead atoms. The molecule has 4 aromatic heterocycles. The van der Waals surface area contributed by atoms with Crippen LogP contribution in [0.2, 0.25) is 0 Å². The molecule has 0 aliphatic carbocycles. The standard InChI is InChI=1S/C19H16F2N6O/c1-11(15-4-3-12(20)8-22-15)25-17-5-6-18-23-10-16(27(18)26-17)14-7-13(21)9-24-19(14)28-2/h3-11H,1-2H3,(H,25,26)/t11-/m0/s1. The zero-order chi connectivity index (χ0) is 19.7. The van der Waals surface area contributed by atoms with Gasteiger partial charge in [-0.25, -0.2) is 23.3 Å². The molecule has 1 atom stereocenters. The minimum Gasteiger partial charge on any atom is -0.481 e. The Labute approximate surface area is 159 Å². The predicted molar refractivity (Wildman–Crippen MR) is 99.0 cm³/mol. The van der Waals surface area contributed by atoms with Gasteiger partial charge in [0.1, 0.15) is 17.5 Å². The molecule has 0 saturated heterocycles. The van der Waals surface area contributed by atoms with Gasteiger partial charge in [-0.1, -0.05) is 0 Å². The lowest BCUT2D eigenvalue weighted by Crippen LogP contribution is -2.11. The van der Waals surface area contributed by atoms with E-state index in [2.05, 4.69) is 25.4 Å². The second kappa shape index (κ2) is 7.18. The van der Waals surface area contributed by atoms with Crippen molar-refractivity contribution in [1.29, 1.82) is 0 Å². The van der Waals surface area contributed by atoms with Gasteiger partial charge in [0.15, 0.2) is 5.65 Å². The topological polar surface area (TPSA) is 77.2 Å². The molecule has 4 aromatic rings. The lowest BCUT2D eigenvalue weighted by Gasteiger charge is -2.14. The maximum Gasteiger partial charge on any atom is 0.222 e. The van der Waals surface area contributed by atoms with Crippen LogP contribution in [0.15, 0.2) is 48.9 Å². The number of hydrogen-bond acceptors (Lipinski definition) is 6. The van der Waals surface area contributed by atoms with Crippen molar-refractivity contribution in [2.75, 3.05) is 12.4 Å². The Morgan fingerprint density at radius 1 is 1.00 bits per heavy atom. The van der Waals surface area contributed by atoms with Gasteiger partial charge in [-0.2, -0.15) is 0 Å². The minimum absolute atomic E-state index is 0.206. The molecule has 0 aliphatic rings. The molecule has 0 fully saturated rings. The highest BCUT2D eigenvalue weighted by atomic mass is 19.1. The van der Waals surface area contributed by atoms with Crippen molar-refractivity contribution in [3.8, 4) is 17.1 Å². The minimum atomic E-state index is -0.490. The van der Waals surface area contributed by atoms with E-state index in [1.54, 1.807) is 28.9 Å². The lowest BCUT2D eigenvalue weighted by atomic mass is 10.2. The first-order valence-corrected chi connectivity index (χ1v) is 8.48. The first-order valence-electron chi connectivity index (χ1n) is 8.48. The number of hydrogen-bond donors (Lipinski definition) is 1. The Hall–Kier alpha value is -3.62. The molecule has 142 valence electrons. The highest BCUT2D eigenvalue weighted by Crippen LogP contribution is 2.29. The van der Waals surface area contributed by atoms with Crippen LogP contribution in [0.1, 0.15) is 18.7 Å². The smallest absolute Gasteiger partial charge is 0.222 e. The third kappa shape index (κ3) is 3.34. The maximum atomic E-state index is 13.7. The number of fused-ring (bicyclic) bond motifs is 1. The summed E-state index contributed by atoms with van der Waals surface area (Å²) in [6, 6.07) is 7.63. The summed E-state index contributed by atoms with van der Waals surface area (Å²) >= 11 is 0. The molecule has 0 aliphatic heterocycles. The highest BCUT2D eigenvalue weighted by Gasteiger charge is 2.16. The van der Waals surface area contributed by atoms with Crippen LogP contribution in [-0.4, -0.2) is 31.7 Å². The Morgan fingerprint density at radius 3 is 2.57 bits per heavy atom. The molecular formula is C19H16F2N6O. The van der Waals surface area contributed by atoms with Crippen molar-refractivity contribution >= 4 is 11.5 Å². The van der Waals surface area contributed by atoms with E-state index < -0.39 is 11.6 Å². The molecule has 4 rings (SSSR count). The van der Waals surface area contributed by atoms with E-state index in [1.807, 2.05) is 6.92 Å². The number of pyridine rings is 2. The largest absolute Gasteiger partial charge is 0.481 e. The van der Waals surface area contributed by atoms with Gasteiger partial charge in [0.2, 0.25) is 5.88 Å². The molecule has 0 unspecified atom stereocenters. The predicted octanol–water partition coefficient (Wildman–Crippen LogP) is 3.65. The van der Waals surface area contributed by atoms with Gasteiger partial charge in [-0.15, -0.1) is 5.10 Å². The zero-order valence-corrected chi connectivity index (χ0v) is 15.1. The molecule has 28 heavy (non-hydrogen) atoms. The summed E-state index contributed by atoms with van der Waals surface area (Å²) in [5.74, 6) is -0.0619. The maximum absolute atomic E-state index is 13.7. The summed E-state index contributed by atoms with van der Waals surface area (Å²) < 4.78 is 33.6. The van der Waals surface area contributed by atoms with Gasteiger partial charge >= 0.3 is 0 Å². The second-order valence-corrected chi connectivity index (χ2v) is 6.11. The molecular weight excluding hydrogens is 366 g/mol. The van der Waals surface area contributed by atoms with Gasteiger partial charge in [-0.3, -0.25) is 4.98 Å². The fourth-order valence-corrected chi connectivity index (χ4v) is 2.85. The number of halogens is 2. The van der Waals surface area contributed by atoms with Crippen LogP contribution in [0.4, 0.5) is 14.6 Å². The van der Waals surface area contributed by atoms with E-state index in [1.165, 1.54) is 25.4 Å². The van der Waals surface area contributed by atoms with Crippen molar-refractivity contribution in [3.63, 3.8) is 0 Å². The molecule has 0 amide bonds. The molecule has 7 nitrogen and oxygen atoms in total. The highest BCUT2D eigenvalue weighted by molar-refractivity contribution is 5.68. The number of nitrogens with one attached hydrogen (secondary N) is 1. The van der Waals surface area contributed by atoms with E-state index in [0.29, 0.717) is 28.4 Å². The van der Waals surface area contributed by atoms with Crippen molar-refractivity contribution in [3.05, 3.63) is 66.3 Å². The van der Waals surface area contributed by atoms with Crippen LogP contribution in [0.3, 0.4) is 0 Å². The molecule has 9 heteroatoms. The van der Waals surface area contributed by atoms with E-state index in [4.69, 9.17) is 4.74 Å². The third-order valence-electron chi connectivity index (χ3n) is 4.21. The number of rotatable bonds is 5. The number of nitrogens with zero attached hydrogens (tertiary/aromatic N) is 5. The summed E-state index contributed by atoms with van der Waals surface area (Å²) in [5.41, 5.74) is 2.23. The lowest BCUT2D eigenvalue weighted by molar-refractivity contribution is 0.397. The number of ether oxygens (including phenoxy) is 1. The first kappa shape index (κ1) is 17.8. The molecule has 4 heterocycles. The number of aromatic nitrogens is 5. The summed E-state index contributed by atoms with van der Waals surface area (Å²) in [5, 5.41) is 7.75. The fourth-order valence-electron chi connectivity index (χ4n) is 2.85. The van der Waals surface area contributed by atoms with E-state index in [9.17, 15) is 8.78 Å². The summed E-state index contributed by atoms with van der Waals surface area (Å²) in [7, 11) is 1.46. The summed E-state index contributed by atoms with van der Waals surface area (Å²) in [6.07, 6.45) is 3.83. The van der Waals surface area contributed by atoms with Crippen LogP contribution < -0.4 is 10.1 Å². The van der Waals surface area contributed by atoms with Crippen LogP contribution in [0.5, 0.6) is 5.88 Å². The van der Waals surface area contributed by atoms with Crippen molar-refractivity contribution in [2.45, 2.75) is 13.0 Å². The molecule has 0 radical (unpaired) electrons. The molecule has 1 N–H and O–H groups in total. The average Bonchev–Trinajstić information content (AvgIpc) is 3.11. The van der Waals surface area contributed by atoms with Crippen LogP contribution in [0, 0.1) is 11.6 Å². The second-order valence-electron chi connectivity index (χ2n) is 6.11. The van der Waals surface area contributed by atoms with Gasteiger partial charge in [0.05, 0.1) is 48.7 Å². The molecule has 0 spiro atoms. The van der Waals surface area contributed by atoms with Crippen LogP contribution in [0.25, 0.3) is 16.9 Å². The summed E-state index contributed by atoms with van der Waals surface area (Å²) in [6.45, 7) is 1.89. The van der Waals surface area contributed by atoms with Crippen molar-refractivity contribution in [1.82, 2.24) is 24.6 Å². The average molecular weight is 382 g/mol. The Balaban J connectivity index is 1.70. The first-order chi connectivity index (χ1) is 13.5. The summed E-state index contributed by atoms with van der Waals surface area (Å²) in [4.78, 5) is 12.3. The molecule has 0 saturated carbocycles. The van der Waals surface area contributed by atoms with Gasteiger partial charge in [0, 0.05) is 0 Å². The molecule has 0 aromatic carbocycles. The number of methoxy groups -OCH3 is 1. The SMILES string of the molecule is COc1ncc(F)cc1-c1cnc2ccc(N[C@@H](C)c3ccc(F)cn3)nn12. The zero-order valence-electron chi connectivity index (χ0n) is 15.1. The Bertz CT molecular complexity index is 1130.